The number of hydrogen-bond acceptors (Lipinski definition) is 6. The Kier molecular flexibility index (Phi) is 9.41. The quantitative estimate of drug-likeness (QED) is 0.329. The summed E-state index contributed by atoms with van der Waals surface area (Å²) in [5.41, 5.74) is 3.63. The second-order valence-corrected chi connectivity index (χ2v) is 15.5. The average molecular weight is 629 g/mol. The highest BCUT2D eigenvalue weighted by Crippen LogP contribution is 2.42. The number of halogens is 1. The van der Waals surface area contributed by atoms with E-state index in [-0.39, 0.29) is 17.8 Å². The van der Waals surface area contributed by atoms with E-state index in [0.717, 1.165) is 80.7 Å². The lowest BCUT2D eigenvalue weighted by atomic mass is 9.70. The van der Waals surface area contributed by atoms with Crippen molar-refractivity contribution in [3.8, 4) is 5.75 Å². The van der Waals surface area contributed by atoms with Gasteiger partial charge in [0.15, 0.2) is 0 Å². The maximum atomic E-state index is 13.8. The third-order valence-electron chi connectivity index (χ3n) is 10.3. The molecule has 2 bridgehead atoms. The Bertz CT molecular complexity index is 1430. The Balaban J connectivity index is 1.38. The van der Waals surface area contributed by atoms with Crippen molar-refractivity contribution in [1.29, 1.82) is 0 Å². The van der Waals surface area contributed by atoms with E-state index in [2.05, 4.69) is 9.62 Å². The van der Waals surface area contributed by atoms with Gasteiger partial charge in [-0.3, -0.25) is 0 Å². The molecular weight excluding hydrogens is 584 g/mol. The van der Waals surface area contributed by atoms with Gasteiger partial charge in [0.25, 0.3) is 0 Å². The first kappa shape index (κ1) is 30.9. The van der Waals surface area contributed by atoms with Gasteiger partial charge in [-0.15, -0.1) is 0 Å². The number of anilines is 1. The van der Waals surface area contributed by atoms with E-state index in [1.165, 1.54) is 5.56 Å². The summed E-state index contributed by atoms with van der Waals surface area (Å²) in [6.07, 6.45) is 10.2. The lowest BCUT2D eigenvalue weighted by molar-refractivity contribution is 0.0460. The first-order valence-corrected chi connectivity index (χ1v) is 17.9. The van der Waals surface area contributed by atoms with Gasteiger partial charge in [0.05, 0.1) is 17.0 Å². The highest BCUT2D eigenvalue weighted by atomic mass is 35.5. The largest absolute Gasteiger partial charge is 0.487 e. The summed E-state index contributed by atoms with van der Waals surface area (Å²) in [4.78, 5) is 2.32. The van der Waals surface area contributed by atoms with Gasteiger partial charge >= 0.3 is 0 Å². The molecule has 0 spiro atoms. The number of hydrogen-bond donors (Lipinski definition) is 3. The SMILES string of the molecule is C[C@@H]1C/C=C/[C@H](O)[C@@H]2CC[C@H]2CN2CCCCc3cc(Cl)ccc3COc3ccc(cc32)C(O)NS(=O)(=O)[C@@H]1C1CCC1. The predicted molar refractivity (Wildman–Crippen MR) is 171 cm³/mol. The van der Waals surface area contributed by atoms with Crippen LogP contribution in [0.25, 0.3) is 0 Å². The number of nitrogens with zero attached hydrogens (tertiary/aromatic N) is 1. The molecule has 7 nitrogen and oxygen atoms in total. The van der Waals surface area contributed by atoms with Crippen LogP contribution in [0.15, 0.2) is 48.6 Å². The first-order valence-electron chi connectivity index (χ1n) is 16.0. The summed E-state index contributed by atoms with van der Waals surface area (Å²) >= 11 is 6.33. The van der Waals surface area contributed by atoms with Gasteiger partial charge in [0.1, 0.15) is 18.6 Å². The molecule has 9 heteroatoms. The van der Waals surface area contributed by atoms with Crippen LogP contribution in [0.5, 0.6) is 5.75 Å². The Morgan fingerprint density at radius 3 is 2.56 bits per heavy atom. The molecule has 2 aromatic rings. The van der Waals surface area contributed by atoms with E-state index in [1.807, 2.05) is 49.4 Å². The van der Waals surface area contributed by atoms with Crippen molar-refractivity contribution < 1.29 is 23.4 Å². The minimum atomic E-state index is -3.83. The van der Waals surface area contributed by atoms with Gasteiger partial charge in [-0.25, -0.2) is 8.42 Å². The van der Waals surface area contributed by atoms with E-state index in [4.69, 9.17) is 16.3 Å². The van der Waals surface area contributed by atoms with Crippen molar-refractivity contribution in [2.75, 3.05) is 18.0 Å². The molecule has 0 saturated heterocycles. The molecule has 0 radical (unpaired) electrons. The predicted octanol–water partition coefficient (Wildman–Crippen LogP) is 6.12. The van der Waals surface area contributed by atoms with Crippen LogP contribution in [-0.4, -0.2) is 43.1 Å². The van der Waals surface area contributed by atoms with Crippen LogP contribution in [0.4, 0.5) is 5.69 Å². The van der Waals surface area contributed by atoms with Crippen molar-refractivity contribution >= 4 is 27.3 Å². The fourth-order valence-corrected chi connectivity index (χ4v) is 9.78. The molecule has 4 aliphatic rings. The molecule has 0 amide bonds. The number of aliphatic hydroxyl groups excluding tert-OH is 2. The third-order valence-corrected chi connectivity index (χ3v) is 12.7. The number of benzene rings is 2. The zero-order valence-electron chi connectivity index (χ0n) is 25.0. The van der Waals surface area contributed by atoms with Gasteiger partial charge in [-0.2, -0.15) is 4.72 Å². The van der Waals surface area contributed by atoms with E-state index >= 15 is 0 Å². The van der Waals surface area contributed by atoms with Crippen LogP contribution in [0.3, 0.4) is 0 Å². The van der Waals surface area contributed by atoms with Crippen molar-refractivity contribution in [3.63, 3.8) is 0 Å². The van der Waals surface area contributed by atoms with Crippen LogP contribution in [0, 0.1) is 23.7 Å². The smallest absolute Gasteiger partial charge is 0.217 e. The molecule has 2 aliphatic carbocycles. The minimum Gasteiger partial charge on any atom is -0.487 e. The molecule has 234 valence electrons. The average Bonchev–Trinajstić information content (AvgIpc) is 2.95. The van der Waals surface area contributed by atoms with Crippen molar-refractivity contribution in [3.05, 3.63) is 70.3 Å². The van der Waals surface area contributed by atoms with Gasteiger partial charge in [-0.1, -0.05) is 49.2 Å². The van der Waals surface area contributed by atoms with Crippen LogP contribution >= 0.6 is 11.6 Å². The number of ether oxygens (including phenoxy) is 1. The lowest BCUT2D eigenvalue weighted by Crippen LogP contribution is -2.46. The summed E-state index contributed by atoms with van der Waals surface area (Å²) in [5.74, 6) is 1.11. The molecule has 1 unspecified atom stereocenters. The maximum Gasteiger partial charge on any atom is 0.217 e. The van der Waals surface area contributed by atoms with Crippen molar-refractivity contribution in [2.45, 2.75) is 88.9 Å². The van der Waals surface area contributed by atoms with Gasteiger partial charge in [-0.05, 0) is 116 Å². The summed E-state index contributed by atoms with van der Waals surface area (Å²) < 4.78 is 36.7. The van der Waals surface area contributed by atoms with Gasteiger partial charge in [0, 0.05) is 18.1 Å². The molecule has 2 aliphatic heterocycles. The fraction of sp³-hybridized carbons (Fsp3) is 0.588. The number of aliphatic hydroxyl groups is 2. The number of aryl methyl sites for hydroxylation is 1. The number of allylic oxidation sites excluding steroid dienone is 1. The number of rotatable bonds is 1. The van der Waals surface area contributed by atoms with Crippen LogP contribution < -0.4 is 14.4 Å². The Hall–Kier alpha value is -2.10. The molecule has 43 heavy (non-hydrogen) atoms. The van der Waals surface area contributed by atoms with Crippen molar-refractivity contribution in [2.24, 2.45) is 23.7 Å². The molecule has 2 heterocycles. The number of sulfonamides is 1. The summed E-state index contributed by atoms with van der Waals surface area (Å²) in [6.45, 7) is 3.91. The molecule has 3 N–H and O–H groups in total. The van der Waals surface area contributed by atoms with E-state index in [0.29, 0.717) is 30.3 Å². The highest BCUT2D eigenvalue weighted by Gasteiger charge is 2.41. The molecule has 6 atom stereocenters. The Morgan fingerprint density at radius 2 is 1.81 bits per heavy atom. The standard InChI is InChI=1S/C34H45ClN2O5S/c1-22-6-4-10-31(38)29-15-12-26(29)20-37-17-3-2-7-24-18-28(35)14-11-27(24)21-42-32-16-13-25(19-30(32)37)34(39)36-43(40,41)33(22)23-8-5-9-23/h4,10-11,13-14,16,18-19,22-23,26,29,31,33-34,36,38-39H,2-3,5-9,12,15,17,20-21H2,1H3/b10-4+/t22-,26+,29-,31+,33+,34?/m1/s1. The van der Waals surface area contributed by atoms with Crippen LogP contribution in [-0.2, 0) is 23.1 Å². The van der Waals surface area contributed by atoms with E-state index in [1.54, 1.807) is 6.07 Å². The number of nitrogens with one attached hydrogen (secondary N) is 1. The van der Waals surface area contributed by atoms with E-state index in [9.17, 15) is 18.6 Å². The zero-order chi connectivity index (χ0) is 30.1. The van der Waals surface area contributed by atoms with Crippen LogP contribution in [0.2, 0.25) is 5.02 Å². The molecule has 2 fully saturated rings. The Morgan fingerprint density at radius 1 is 0.977 bits per heavy atom. The normalized spacial score (nSPS) is 32.5. The molecule has 2 aromatic carbocycles. The second-order valence-electron chi connectivity index (χ2n) is 13.2. The third kappa shape index (κ3) is 6.79. The zero-order valence-corrected chi connectivity index (χ0v) is 26.6. The van der Waals surface area contributed by atoms with Crippen molar-refractivity contribution in [1.82, 2.24) is 4.72 Å². The minimum absolute atomic E-state index is 0.0713. The maximum absolute atomic E-state index is 13.8. The molecule has 0 aromatic heterocycles. The summed E-state index contributed by atoms with van der Waals surface area (Å²) in [5, 5.41) is 22.6. The lowest BCUT2D eigenvalue weighted by Gasteiger charge is -2.43. The summed E-state index contributed by atoms with van der Waals surface area (Å²) in [6, 6.07) is 11.5. The van der Waals surface area contributed by atoms with Crippen LogP contribution in [0.1, 0.15) is 81.2 Å². The monoisotopic (exact) mass is 628 g/mol. The molecule has 2 saturated carbocycles. The summed E-state index contributed by atoms with van der Waals surface area (Å²) in [7, 11) is -3.83. The number of fused-ring (bicyclic) bond motifs is 3. The van der Waals surface area contributed by atoms with E-state index < -0.39 is 27.6 Å². The second kappa shape index (κ2) is 13.1. The molecule has 6 rings (SSSR count). The fourth-order valence-electron chi connectivity index (χ4n) is 7.48. The Labute approximate surface area is 261 Å². The van der Waals surface area contributed by atoms with Gasteiger partial charge in [0.2, 0.25) is 10.0 Å². The highest BCUT2D eigenvalue weighted by molar-refractivity contribution is 7.90. The van der Waals surface area contributed by atoms with Gasteiger partial charge < -0.3 is 19.8 Å². The molecular formula is C34H45ClN2O5S. The first-order chi connectivity index (χ1) is 20.7. The topological polar surface area (TPSA) is 99.1 Å².